The standard InChI is InChI=1S/C19H22ClN5O/c20-16-5-3-6-17(15-16)23-13-11-22(12-14-23)8-4-10-25-19(26)24-9-2-1-7-18(24)21-25/h1-3,5-7,9,15H,4,8,10-14H2/i4D2,8D2,10D2,13D2,14D2. The molecule has 1 aromatic carbocycles. The van der Waals surface area contributed by atoms with Crippen molar-refractivity contribution in [1.29, 1.82) is 0 Å². The van der Waals surface area contributed by atoms with E-state index in [0.717, 1.165) is 9.30 Å². The summed E-state index contributed by atoms with van der Waals surface area (Å²) in [6.07, 6.45) is -2.19. The fraction of sp³-hybridized carbons (Fsp3) is 0.368. The molecule has 0 spiro atoms. The molecule has 1 aliphatic heterocycles. The maximum Gasteiger partial charge on any atom is 0.350 e. The van der Waals surface area contributed by atoms with E-state index in [1.807, 2.05) is 0 Å². The molecule has 136 valence electrons. The molecule has 2 aromatic heterocycles. The number of aromatic nitrogens is 3. The van der Waals surface area contributed by atoms with Crippen molar-refractivity contribution in [3.8, 4) is 0 Å². The fourth-order valence-electron chi connectivity index (χ4n) is 2.46. The van der Waals surface area contributed by atoms with E-state index < -0.39 is 51.1 Å². The highest BCUT2D eigenvalue weighted by Crippen LogP contribution is 2.20. The Hall–Kier alpha value is -2.31. The van der Waals surface area contributed by atoms with Crippen LogP contribution in [0.5, 0.6) is 0 Å². The van der Waals surface area contributed by atoms with Gasteiger partial charge in [0, 0.05) is 61.5 Å². The van der Waals surface area contributed by atoms with Crippen LogP contribution >= 0.6 is 11.6 Å². The van der Waals surface area contributed by atoms with Gasteiger partial charge in [-0.15, -0.1) is 5.10 Å². The smallest absolute Gasteiger partial charge is 0.350 e. The topological polar surface area (TPSA) is 45.8 Å². The minimum absolute atomic E-state index is 0.0190. The molecule has 1 aliphatic rings. The first-order chi connectivity index (χ1) is 16.4. The summed E-state index contributed by atoms with van der Waals surface area (Å²) in [6.45, 7) is -13.4. The Labute approximate surface area is 171 Å². The molecule has 0 amide bonds. The molecular weight excluding hydrogens is 350 g/mol. The summed E-state index contributed by atoms with van der Waals surface area (Å²) < 4.78 is 86.1. The first-order valence-electron chi connectivity index (χ1n) is 12.8. The number of rotatable bonds is 5. The molecular formula is C19H22ClN5O. The molecule has 0 radical (unpaired) electrons. The highest BCUT2D eigenvalue weighted by molar-refractivity contribution is 6.30. The summed E-state index contributed by atoms with van der Waals surface area (Å²) in [6, 6.07) is 10.3. The van der Waals surface area contributed by atoms with Gasteiger partial charge < -0.3 is 4.90 Å². The highest BCUT2D eigenvalue weighted by atomic mass is 35.5. The van der Waals surface area contributed by atoms with Crippen LogP contribution in [0.1, 0.15) is 20.1 Å². The number of hydrogen-bond acceptors (Lipinski definition) is 4. The largest absolute Gasteiger partial charge is 0.369 e. The lowest BCUT2D eigenvalue weighted by atomic mass is 10.2. The molecule has 3 heterocycles. The summed E-state index contributed by atoms with van der Waals surface area (Å²) in [5.41, 5.74) is -0.912. The Morgan fingerprint density at radius 2 is 2.00 bits per heavy atom. The summed E-state index contributed by atoms with van der Waals surface area (Å²) in [7, 11) is 0. The predicted octanol–water partition coefficient (Wildman–Crippen LogP) is 2.36. The highest BCUT2D eigenvalue weighted by Gasteiger charge is 2.17. The van der Waals surface area contributed by atoms with Gasteiger partial charge in [-0.05, 0) is 36.7 Å². The van der Waals surface area contributed by atoms with E-state index >= 15 is 0 Å². The Morgan fingerprint density at radius 1 is 1.15 bits per heavy atom. The Bertz CT molecular complexity index is 1340. The quantitative estimate of drug-likeness (QED) is 0.680. The summed E-state index contributed by atoms with van der Waals surface area (Å²) in [4.78, 5) is 14.1. The zero-order valence-corrected chi connectivity index (χ0v) is 14.3. The van der Waals surface area contributed by atoms with E-state index in [2.05, 4.69) is 5.10 Å². The first-order valence-corrected chi connectivity index (χ1v) is 8.19. The van der Waals surface area contributed by atoms with Gasteiger partial charge in [-0.3, -0.25) is 9.30 Å². The van der Waals surface area contributed by atoms with Crippen LogP contribution in [0.4, 0.5) is 5.69 Å². The number of benzene rings is 1. The lowest BCUT2D eigenvalue weighted by Crippen LogP contribution is -2.46. The number of aryl methyl sites for hydroxylation is 1. The third kappa shape index (κ3) is 3.61. The Balaban J connectivity index is 1.74. The Kier molecular flexibility index (Phi) is 2.62. The summed E-state index contributed by atoms with van der Waals surface area (Å²) in [5, 5.41) is 4.06. The predicted molar refractivity (Wildman–Crippen MR) is 104 cm³/mol. The number of fused-ring (bicyclic) bond motifs is 1. The van der Waals surface area contributed by atoms with Crippen LogP contribution in [0.2, 0.25) is 5.02 Å². The molecule has 0 atom stereocenters. The van der Waals surface area contributed by atoms with E-state index in [0.29, 0.717) is 4.90 Å². The molecule has 0 N–H and O–H groups in total. The lowest BCUT2D eigenvalue weighted by Gasteiger charge is -2.36. The van der Waals surface area contributed by atoms with Gasteiger partial charge >= 0.3 is 5.69 Å². The van der Waals surface area contributed by atoms with Crippen LogP contribution in [-0.2, 0) is 6.50 Å². The van der Waals surface area contributed by atoms with Gasteiger partial charge in [0.2, 0.25) is 0 Å². The monoisotopic (exact) mass is 381 g/mol. The SMILES string of the molecule is [2H]C1([2H])CN(C([2H])([2H])C([2H])([2H])C([2H])([2H])n2nc3ccccn3c2=O)CC([2H])([2H])N1c1cccc(Cl)c1. The summed E-state index contributed by atoms with van der Waals surface area (Å²) >= 11 is 5.99. The van der Waals surface area contributed by atoms with Crippen LogP contribution < -0.4 is 10.6 Å². The number of hydrogen-bond donors (Lipinski definition) is 0. The van der Waals surface area contributed by atoms with Crippen molar-refractivity contribution in [2.24, 2.45) is 0 Å². The van der Waals surface area contributed by atoms with Crippen molar-refractivity contribution in [1.82, 2.24) is 19.1 Å². The van der Waals surface area contributed by atoms with Gasteiger partial charge in [-0.1, -0.05) is 23.7 Å². The van der Waals surface area contributed by atoms with E-state index in [1.165, 1.54) is 42.6 Å². The number of nitrogens with zero attached hydrogens (tertiary/aromatic N) is 5. The van der Waals surface area contributed by atoms with E-state index in [1.54, 1.807) is 6.07 Å². The second kappa shape index (κ2) is 7.51. The van der Waals surface area contributed by atoms with Crippen molar-refractivity contribution in [2.45, 2.75) is 12.9 Å². The second-order valence-electron chi connectivity index (χ2n) is 5.46. The van der Waals surface area contributed by atoms with Crippen molar-refractivity contribution >= 4 is 22.9 Å². The maximum atomic E-state index is 12.7. The van der Waals surface area contributed by atoms with Crippen molar-refractivity contribution in [3.63, 3.8) is 0 Å². The van der Waals surface area contributed by atoms with Gasteiger partial charge in [0.15, 0.2) is 5.65 Å². The third-order valence-electron chi connectivity index (χ3n) is 3.71. The van der Waals surface area contributed by atoms with Crippen LogP contribution in [0.15, 0.2) is 53.5 Å². The zero-order valence-electron chi connectivity index (χ0n) is 23.6. The average Bonchev–Trinajstić information content (AvgIpc) is 3.09. The van der Waals surface area contributed by atoms with E-state index in [-0.39, 0.29) is 21.0 Å². The second-order valence-corrected chi connectivity index (χ2v) is 5.90. The third-order valence-corrected chi connectivity index (χ3v) is 3.94. The van der Waals surface area contributed by atoms with E-state index in [4.69, 9.17) is 25.3 Å². The molecule has 1 saturated heterocycles. The van der Waals surface area contributed by atoms with E-state index in [9.17, 15) is 4.79 Å². The van der Waals surface area contributed by atoms with Gasteiger partial charge in [-0.25, -0.2) is 9.48 Å². The van der Waals surface area contributed by atoms with Gasteiger partial charge in [-0.2, -0.15) is 0 Å². The average molecular weight is 382 g/mol. The zero-order chi connectivity index (χ0) is 26.9. The minimum Gasteiger partial charge on any atom is -0.369 e. The molecule has 6 nitrogen and oxygen atoms in total. The van der Waals surface area contributed by atoms with Crippen LogP contribution in [0.25, 0.3) is 5.65 Å². The summed E-state index contributed by atoms with van der Waals surface area (Å²) in [5.74, 6) is 0. The van der Waals surface area contributed by atoms with Crippen molar-refractivity contribution < 1.29 is 13.7 Å². The number of anilines is 1. The molecule has 1 fully saturated rings. The fourth-order valence-corrected chi connectivity index (χ4v) is 2.64. The molecule has 7 heteroatoms. The number of piperazine rings is 1. The molecule has 0 unspecified atom stereocenters. The van der Waals surface area contributed by atoms with Gasteiger partial charge in [0.1, 0.15) is 0 Å². The number of halogens is 1. The maximum absolute atomic E-state index is 12.7. The Morgan fingerprint density at radius 3 is 2.77 bits per heavy atom. The first kappa shape index (κ1) is 9.06. The van der Waals surface area contributed by atoms with Crippen LogP contribution in [0, 0.1) is 0 Å². The van der Waals surface area contributed by atoms with Gasteiger partial charge in [0.25, 0.3) is 0 Å². The van der Waals surface area contributed by atoms with Crippen molar-refractivity contribution in [2.75, 3.05) is 37.5 Å². The molecule has 0 aliphatic carbocycles. The van der Waals surface area contributed by atoms with Gasteiger partial charge in [0.05, 0.1) is 8.22 Å². The molecule has 0 saturated carbocycles. The number of pyridine rings is 1. The molecule has 3 aromatic rings. The van der Waals surface area contributed by atoms with Crippen LogP contribution in [-0.4, -0.2) is 51.7 Å². The molecule has 26 heavy (non-hydrogen) atoms. The van der Waals surface area contributed by atoms with Crippen molar-refractivity contribution in [3.05, 3.63) is 64.2 Å². The molecule has 0 bridgehead atoms. The minimum atomic E-state index is -3.49. The normalized spacial score (nSPS) is 26.9. The lowest BCUT2D eigenvalue weighted by molar-refractivity contribution is 0.248. The molecule has 4 rings (SSSR count). The van der Waals surface area contributed by atoms with Crippen LogP contribution in [0.3, 0.4) is 0 Å².